The molecule has 1 rings (SSSR count). The molecule has 56 valence electrons. The summed E-state index contributed by atoms with van der Waals surface area (Å²) in [7, 11) is 0. The summed E-state index contributed by atoms with van der Waals surface area (Å²) >= 11 is 0.971. The van der Waals surface area contributed by atoms with E-state index in [-0.39, 0.29) is 10.6 Å². The maximum absolute atomic E-state index is 10.3. The lowest BCUT2D eigenvalue weighted by atomic mass is 10.4. The number of hydrogen-bond donors (Lipinski definition) is 0. The molecule has 0 aliphatic heterocycles. The van der Waals surface area contributed by atoms with E-state index in [9.17, 15) is 9.90 Å². The van der Waals surface area contributed by atoms with Crippen molar-refractivity contribution in [3.05, 3.63) is 26.8 Å². The number of carbonyl (C=O) groups is 1. The Balaban J connectivity index is 3.15. The van der Waals surface area contributed by atoms with Crippen molar-refractivity contribution >= 4 is 23.0 Å². The van der Waals surface area contributed by atoms with Gasteiger partial charge in [0, 0.05) is 4.91 Å². The minimum Gasteiger partial charge on any atom is -0.544 e. The van der Waals surface area contributed by atoms with Crippen LogP contribution in [-0.2, 0) is 0 Å². The summed E-state index contributed by atoms with van der Waals surface area (Å²) in [5, 5.41) is 15.0. The number of carboxylic acids is 1. The van der Waals surface area contributed by atoms with Gasteiger partial charge in [-0.25, -0.2) is 0 Å². The van der Waals surface area contributed by atoms with Crippen molar-refractivity contribution in [2.24, 2.45) is 5.11 Å². The standard InChI is InChI=1S/C5H3N3O2S/c6-8-7-3-1-2-11-4(3)5(9)10/h1-2H,(H,9,10)/p-1. The van der Waals surface area contributed by atoms with Gasteiger partial charge in [-0.3, -0.25) is 0 Å². The molecule has 0 atom stereocenters. The lowest BCUT2D eigenvalue weighted by Gasteiger charge is -1.96. The molecular formula is C5H2N3O2S-. The van der Waals surface area contributed by atoms with Crippen LogP contribution in [-0.4, -0.2) is 5.97 Å². The Morgan fingerprint density at radius 2 is 2.55 bits per heavy atom. The van der Waals surface area contributed by atoms with Crippen molar-refractivity contribution in [3.63, 3.8) is 0 Å². The van der Waals surface area contributed by atoms with E-state index in [0.717, 1.165) is 11.3 Å². The van der Waals surface area contributed by atoms with Gasteiger partial charge in [0.2, 0.25) is 0 Å². The second-order valence-electron chi connectivity index (χ2n) is 1.61. The zero-order chi connectivity index (χ0) is 8.27. The van der Waals surface area contributed by atoms with Gasteiger partial charge in [-0.1, -0.05) is 5.11 Å². The zero-order valence-corrected chi connectivity index (χ0v) is 6.04. The molecule has 0 amide bonds. The van der Waals surface area contributed by atoms with Crippen LogP contribution >= 0.6 is 11.3 Å². The Kier molecular flexibility index (Phi) is 2.10. The van der Waals surface area contributed by atoms with Crippen molar-refractivity contribution < 1.29 is 9.90 Å². The summed E-state index contributed by atoms with van der Waals surface area (Å²) < 4.78 is 0. The average Bonchev–Trinajstić information content (AvgIpc) is 2.36. The third-order valence-electron chi connectivity index (χ3n) is 0.982. The highest BCUT2D eigenvalue weighted by Crippen LogP contribution is 2.24. The molecule has 0 spiro atoms. The van der Waals surface area contributed by atoms with E-state index in [0.29, 0.717) is 0 Å². The van der Waals surface area contributed by atoms with Gasteiger partial charge in [-0.15, -0.1) is 11.3 Å². The highest BCUT2D eigenvalue weighted by molar-refractivity contribution is 7.12. The first-order valence-corrected chi connectivity index (χ1v) is 3.47. The predicted octanol–water partition coefficient (Wildman–Crippen LogP) is 1.05. The number of thiophene rings is 1. The molecular weight excluding hydrogens is 166 g/mol. The number of nitrogens with zero attached hydrogens (tertiary/aromatic N) is 3. The summed E-state index contributed by atoms with van der Waals surface area (Å²) in [4.78, 5) is 12.7. The fraction of sp³-hybridized carbons (Fsp3) is 0. The topological polar surface area (TPSA) is 88.9 Å². The molecule has 0 aliphatic carbocycles. The molecule has 0 radical (unpaired) electrons. The van der Waals surface area contributed by atoms with Crippen molar-refractivity contribution in [1.29, 1.82) is 0 Å². The van der Waals surface area contributed by atoms with Crippen molar-refractivity contribution in [2.75, 3.05) is 0 Å². The first-order valence-electron chi connectivity index (χ1n) is 2.59. The summed E-state index contributed by atoms with van der Waals surface area (Å²) in [6, 6.07) is 1.43. The predicted molar refractivity (Wildman–Crippen MR) is 37.5 cm³/mol. The van der Waals surface area contributed by atoms with Crippen LogP contribution in [0.15, 0.2) is 16.6 Å². The molecule has 11 heavy (non-hydrogen) atoms. The van der Waals surface area contributed by atoms with E-state index in [1.165, 1.54) is 11.4 Å². The second kappa shape index (κ2) is 3.05. The van der Waals surface area contributed by atoms with Gasteiger partial charge < -0.3 is 9.90 Å². The summed E-state index contributed by atoms with van der Waals surface area (Å²) in [6.07, 6.45) is 0. The Hall–Kier alpha value is -1.52. The van der Waals surface area contributed by atoms with Crippen LogP contribution in [0, 0.1) is 0 Å². The number of aromatic carboxylic acids is 1. The Bertz CT molecular complexity index is 310. The molecule has 1 aromatic rings. The molecule has 1 heterocycles. The highest BCUT2D eigenvalue weighted by atomic mass is 32.1. The fourth-order valence-electron chi connectivity index (χ4n) is 0.582. The number of carboxylic acid groups (broad SMARTS) is 1. The molecule has 6 heteroatoms. The molecule has 0 N–H and O–H groups in total. The Morgan fingerprint density at radius 3 is 3.09 bits per heavy atom. The second-order valence-corrected chi connectivity index (χ2v) is 2.53. The number of carbonyl (C=O) groups excluding carboxylic acids is 1. The first kappa shape index (κ1) is 7.59. The lowest BCUT2D eigenvalue weighted by molar-refractivity contribution is -0.254. The number of rotatable bonds is 2. The fourth-order valence-corrected chi connectivity index (χ4v) is 1.24. The minimum atomic E-state index is -1.32. The Morgan fingerprint density at radius 1 is 1.82 bits per heavy atom. The number of azide groups is 1. The van der Waals surface area contributed by atoms with Crippen LogP contribution in [0.4, 0.5) is 5.69 Å². The van der Waals surface area contributed by atoms with E-state index in [1.54, 1.807) is 0 Å². The maximum Gasteiger partial charge on any atom is 0.0819 e. The highest BCUT2D eigenvalue weighted by Gasteiger charge is 2.01. The third kappa shape index (κ3) is 1.49. The first-order chi connectivity index (χ1) is 5.25. The largest absolute Gasteiger partial charge is 0.544 e. The van der Waals surface area contributed by atoms with Crippen LogP contribution in [0.2, 0.25) is 0 Å². The molecule has 5 nitrogen and oxygen atoms in total. The SMILES string of the molecule is [N-]=[N+]=Nc1ccsc1C(=O)[O-]. The average molecular weight is 168 g/mol. The molecule has 0 unspecified atom stereocenters. The van der Waals surface area contributed by atoms with Gasteiger partial charge in [0.05, 0.1) is 16.5 Å². The molecule has 1 aromatic heterocycles. The quantitative estimate of drug-likeness (QED) is 0.375. The van der Waals surface area contributed by atoms with Gasteiger partial charge in [0.1, 0.15) is 0 Å². The van der Waals surface area contributed by atoms with Gasteiger partial charge in [0.25, 0.3) is 0 Å². The van der Waals surface area contributed by atoms with E-state index in [4.69, 9.17) is 5.53 Å². The van der Waals surface area contributed by atoms with Crippen molar-refractivity contribution in [3.8, 4) is 0 Å². The summed E-state index contributed by atoms with van der Waals surface area (Å²) in [5.74, 6) is -1.32. The van der Waals surface area contributed by atoms with E-state index in [1.807, 2.05) is 0 Å². The van der Waals surface area contributed by atoms with Crippen molar-refractivity contribution in [2.45, 2.75) is 0 Å². The molecule has 0 aliphatic rings. The van der Waals surface area contributed by atoms with E-state index in [2.05, 4.69) is 10.0 Å². The van der Waals surface area contributed by atoms with Gasteiger partial charge in [-0.05, 0) is 17.0 Å². The van der Waals surface area contributed by atoms with E-state index >= 15 is 0 Å². The van der Waals surface area contributed by atoms with Gasteiger partial charge >= 0.3 is 0 Å². The molecule has 0 bridgehead atoms. The zero-order valence-electron chi connectivity index (χ0n) is 5.22. The lowest BCUT2D eigenvalue weighted by Crippen LogP contribution is -2.20. The molecule has 0 aromatic carbocycles. The molecule has 0 fully saturated rings. The van der Waals surface area contributed by atoms with E-state index < -0.39 is 5.97 Å². The van der Waals surface area contributed by atoms with Crippen molar-refractivity contribution in [1.82, 2.24) is 0 Å². The Labute approximate surface area is 65.5 Å². The molecule has 0 saturated heterocycles. The smallest absolute Gasteiger partial charge is 0.0819 e. The maximum atomic E-state index is 10.3. The monoisotopic (exact) mass is 168 g/mol. The van der Waals surface area contributed by atoms with Crippen LogP contribution < -0.4 is 5.11 Å². The molecule has 0 saturated carbocycles. The van der Waals surface area contributed by atoms with Gasteiger partial charge in [-0.2, -0.15) is 0 Å². The summed E-state index contributed by atoms with van der Waals surface area (Å²) in [5.41, 5.74) is 8.10. The van der Waals surface area contributed by atoms with Crippen LogP contribution in [0.25, 0.3) is 10.4 Å². The third-order valence-corrected chi connectivity index (χ3v) is 1.87. The van der Waals surface area contributed by atoms with Crippen LogP contribution in [0.1, 0.15) is 9.67 Å². The van der Waals surface area contributed by atoms with Gasteiger partial charge in [0.15, 0.2) is 0 Å². The number of hydrogen-bond acceptors (Lipinski definition) is 4. The summed E-state index contributed by atoms with van der Waals surface area (Å²) in [6.45, 7) is 0. The van der Waals surface area contributed by atoms with Crippen LogP contribution in [0.3, 0.4) is 0 Å². The minimum absolute atomic E-state index is 0.0391. The van der Waals surface area contributed by atoms with Crippen LogP contribution in [0.5, 0.6) is 0 Å². The normalized spacial score (nSPS) is 8.73.